The van der Waals surface area contributed by atoms with Crippen LogP contribution in [0.3, 0.4) is 0 Å². The van der Waals surface area contributed by atoms with Crippen LogP contribution in [0.1, 0.15) is 143 Å². The lowest BCUT2D eigenvalue weighted by Gasteiger charge is -2.39. The largest absolute Gasteiger partial charge is 0.507 e. The number of ketones is 1. The number of piperidine rings is 1. The molecule has 8 rings (SSSR count). The summed E-state index contributed by atoms with van der Waals surface area (Å²) in [7, 11) is -12.4. The molecule has 6 heterocycles. The van der Waals surface area contributed by atoms with Crippen molar-refractivity contribution in [3.63, 3.8) is 0 Å². The summed E-state index contributed by atoms with van der Waals surface area (Å²) in [4.78, 5) is 195. The van der Waals surface area contributed by atoms with E-state index in [1.54, 1.807) is 33.8 Å². The highest BCUT2D eigenvalue weighted by atomic mass is 31.2. The number of phenolic OH excluding ortho intramolecular Hbond substituents is 2. The highest BCUT2D eigenvalue weighted by molar-refractivity contribution is 7.72. The SMILES string of the molecule is CCC(=O)OCOC(=O)NCCN(CC(=O)O[C@@H]1[C@@H](C)[C@@H](O)[C@@H](C)[C@H](OC(C)=O)[C@H](C)[C@@H](C)/C=C/O[C@@]2(C)Oc3c(C)c(O)c4c(O)c(c5c(c4c3C2=O)NC2(CCN(CC(C)C)CC2)N=5)=NC(=O)/C(C)=C\C=C\[C@@H]1C)C(=O)C(CCC(=O)OC(Cc1ccccn1)(P(=O)(O)O)P(=O)(O)O)NC(=O)OCOC(=O)CC. The molecule has 4 amide bonds. The van der Waals surface area contributed by atoms with Crippen LogP contribution < -0.4 is 31.4 Å². The summed E-state index contributed by atoms with van der Waals surface area (Å²) in [5.41, 5.74) is -1.25. The molecule has 36 nitrogen and oxygen atoms in total. The highest BCUT2D eigenvalue weighted by Crippen LogP contribution is 2.71. The van der Waals surface area contributed by atoms with Gasteiger partial charge in [-0.3, -0.25) is 57.5 Å². The number of anilines is 1. The van der Waals surface area contributed by atoms with Crippen molar-refractivity contribution in [3.8, 4) is 17.2 Å². The molecular formula is C72H98N8O28P2. The normalized spacial score (nSPS) is 23.6. The smallest absolute Gasteiger partial charge is 0.410 e. The summed E-state index contributed by atoms with van der Waals surface area (Å²) in [6, 6.07) is 1.67. The van der Waals surface area contributed by atoms with Gasteiger partial charge in [0.25, 0.3) is 11.7 Å². The van der Waals surface area contributed by atoms with Crippen molar-refractivity contribution in [2.45, 2.75) is 176 Å². The van der Waals surface area contributed by atoms with Gasteiger partial charge in [-0.2, -0.15) is 0 Å². The van der Waals surface area contributed by atoms with Crippen LogP contribution in [0, 0.1) is 42.4 Å². The van der Waals surface area contributed by atoms with Gasteiger partial charge in [0.05, 0.1) is 35.4 Å². The topological polar surface area (TPSA) is 510 Å². The number of fused-ring (bicyclic) bond motifs is 13. The van der Waals surface area contributed by atoms with E-state index in [-0.39, 0.29) is 68.2 Å². The van der Waals surface area contributed by atoms with Crippen LogP contribution >= 0.6 is 15.2 Å². The minimum Gasteiger partial charge on any atom is -0.507 e. The van der Waals surface area contributed by atoms with Crippen LogP contribution in [0.25, 0.3) is 10.8 Å². The zero-order valence-electron chi connectivity index (χ0n) is 63.4. The summed E-state index contributed by atoms with van der Waals surface area (Å²) in [5, 5.41) is 40.7. The number of Topliss-reactive ketones (excluding diaryl/α,β-unsaturated/α-hetero) is 1. The predicted octanol–water partition coefficient (Wildman–Crippen LogP) is 5.36. The third kappa shape index (κ3) is 21.0. The number of aliphatic hydroxyl groups excluding tert-OH is 1. The summed E-state index contributed by atoms with van der Waals surface area (Å²) >= 11 is 0. The number of ether oxygens (including phenoxy) is 9. The third-order valence-electron chi connectivity index (χ3n) is 19.5. The number of hydrogen-bond donors (Lipinski definition) is 10. The van der Waals surface area contributed by atoms with Crippen LogP contribution in [-0.4, -0.2) is 203 Å². The van der Waals surface area contributed by atoms with E-state index in [9.17, 15) is 82.4 Å². The maximum absolute atomic E-state index is 15.1. The van der Waals surface area contributed by atoms with Crippen LogP contribution in [0.2, 0.25) is 0 Å². The van der Waals surface area contributed by atoms with Crippen molar-refractivity contribution >= 4 is 91.3 Å². The van der Waals surface area contributed by atoms with Crippen LogP contribution in [0.5, 0.6) is 17.2 Å². The standard InChI is InChI=1S/C72H98N8O28P2/c1-14-49(82)100-36-102-68(92)74-28-31-80(67(91)48(75-69(93)103-37-101-50(83)15-2)22-23-51(84)107-72(109(94,95)96,110(97,98)99)33-47-21-16-17-27-73-47)35-52(85)106-62-40(6)19-18-20-41(7)66(90)76-58-57-56(77-71(78-57)25-29-79(30-26-71)34-38(3)4)53-54(61(58)88)60(87)45(11)64-55(53)65(89)70(13,108-64)104-32-24-39(5)42(8)63(105-46(12)81)44(10)59(86)43(62)9/h16-21,24,27,32,38-40,42-44,48,59,62-63,77,86-88H,14-15,22-23,25-26,28-31,33-37H2,1-13H3,(H,74,92)(H,75,93)(H2,94,95,96)(H2,97,98,99)/b19-18+,32-24+,41-20-,76-58?/t39-,40-,42+,43-,44+,48?,59+,62-,63+,70-/m0/s1. The van der Waals surface area contributed by atoms with Crippen LogP contribution in [0.15, 0.2) is 70.5 Å². The molecule has 110 heavy (non-hydrogen) atoms. The predicted molar refractivity (Wildman–Crippen MR) is 387 cm³/mol. The zero-order chi connectivity index (χ0) is 81.7. The fraction of sp³-hybridized carbons (Fsp3) is 0.569. The number of rotatable bonds is 25. The van der Waals surface area contributed by atoms with E-state index in [0.717, 1.165) is 25.7 Å². The molecule has 604 valence electrons. The number of aliphatic hydroxyl groups is 1. The molecule has 10 atom stereocenters. The van der Waals surface area contributed by atoms with Crippen LogP contribution in [-0.2, 0) is 87.0 Å². The van der Waals surface area contributed by atoms with Crippen molar-refractivity contribution < 1.29 is 135 Å². The molecule has 5 aliphatic heterocycles. The molecule has 0 saturated carbocycles. The number of allylic oxidation sites excluding steroid dienone is 3. The summed E-state index contributed by atoms with van der Waals surface area (Å²) in [6.07, 6.45) is -1.75. The molecule has 5 aliphatic rings. The van der Waals surface area contributed by atoms with Gasteiger partial charge in [0.1, 0.15) is 52.7 Å². The Kier molecular flexibility index (Phi) is 29.6. The molecule has 5 bridgehead atoms. The van der Waals surface area contributed by atoms with E-state index in [1.165, 1.54) is 78.2 Å². The monoisotopic (exact) mass is 1580 g/mol. The number of carbonyl (C=O) groups is 10. The molecule has 0 aliphatic carbocycles. The fourth-order valence-electron chi connectivity index (χ4n) is 13.2. The Morgan fingerprint density at radius 2 is 1.43 bits per heavy atom. The summed E-state index contributed by atoms with van der Waals surface area (Å²) in [6.45, 7) is 18.1. The molecular weight excluding hydrogens is 1490 g/mol. The molecule has 0 radical (unpaired) electrons. The maximum Gasteiger partial charge on any atom is 0.410 e. The number of hydrogen-bond acceptors (Lipinski definition) is 28. The van der Waals surface area contributed by atoms with Crippen molar-refractivity contribution in [1.29, 1.82) is 0 Å². The van der Waals surface area contributed by atoms with Crippen molar-refractivity contribution in [2.75, 3.05) is 58.2 Å². The molecule has 3 aromatic rings. The first kappa shape index (κ1) is 87.8. The maximum atomic E-state index is 15.1. The molecule has 1 unspecified atom stereocenters. The van der Waals surface area contributed by atoms with Gasteiger partial charge < -0.3 is 103 Å². The minimum absolute atomic E-state index is 0.0215. The van der Waals surface area contributed by atoms with Gasteiger partial charge in [0.2, 0.25) is 19.5 Å². The average molecular weight is 1590 g/mol. The number of likely N-dealkylation sites (tertiary alicyclic amines) is 1. The molecule has 38 heteroatoms. The first-order valence-corrected chi connectivity index (χ1v) is 39.0. The van der Waals surface area contributed by atoms with Crippen molar-refractivity contribution in [1.82, 2.24) is 25.4 Å². The Morgan fingerprint density at radius 3 is 2.02 bits per heavy atom. The van der Waals surface area contributed by atoms with Gasteiger partial charge in [0.15, 0.2) is 5.75 Å². The van der Waals surface area contributed by atoms with Gasteiger partial charge in [0, 0.05) is 125 Å². The Balaban J connectivity index is 1.31. The van der Waals surface area contributed by atoms with E-state index >= 15 is 9.59 Å². The second kappa shape index (κ2) is 37.1. The molecule has 1 saturated heterocycles. The lowest BCUT2D eigenvalue weighted by atomic mass is 9.77. The van der Waals surface area contributed by atoms with E-state index in [4.69, 9.17) is 47.6 Å². The fourth-order valence-corrected chi connectivity index (χ4v) is 15.7. The van der Waals surface area contributed by atoms with Gasteiger partial charge in [-0.1, -0.05) is 86.6 Å². The number of nitrogens with one attached hydrogen (secondary N) is 3. The number of nitrogens with zero attached hydrogens (tertiary/aromatic N) is 5. The molecule has 1 fully saturated rings. The second-order valence-electron chi connectivity index (χ2n) is 28.2. The van der Waals surface area contributed by atoms with Crippen LogP contribution in [0.4, 0.5) is 15.3 Å². The molecule has 1 aromatic heterocycles. The Hall–Kier alpha value is -9.41. The molecule has 1 spiro atoms. The lowest BCUT2D eigenvalue weighted by Crippen LogP contribution is -2.53. The van der Waals surface area contributed by atoms with Gasteiger partial charge in [-0.15, -0.1) is 0 Å². The number of amides is 4. The van der Waals surface area contributed by atoms with Crippen molar-refractivity contribution in [2.24, 2.45) is 45.5 Å². The van der Waals surface area contributed by atoms with E-state index in [2.05, 4.69) is 44.7 Å². The number of phenols is 2. The third-order valence-corrected chi connectivity index (χ3v) is 23.4. The number of alkyl carbamates (subject to hydrolysis) is 2. The number of benzene rings is 2. The van der Waals surface area contributed by atoms with Crippen molar-refractivity contribution in [3.05, 3.63) is 88.1 Å². The van der Waals surface area contributed by atoms with E-state index < -0.39 is 209 Å². The number of aromatic nitrogens is 1. The molecule has 10 N–H and O–H groups in total. The number of pyridine rings is 1. The highest BCUT2D eigenvalue weighted by Gasteiger charge is 2.64. The first-order chi connectivity index (χ1) is 51.5. The first-order valence-electron chi connectivity index (χ1n) is 35.8. The van der Waals surface area contributed by atoms with Gasteiger partial charge >= 0.3 is 68.1 Å². The lowest BCUT2D eigenvalue weighted by molar-refractivity contribution is -0.166. The number of carbonyl (C=O) groups excluding carboxylic acids is 10. The van der Waals surface area contributed by atoms with Gasteiger partial charge in [-0.05, 0) is 56.2 Å². The Morgan fingerprint density at radius 1 is 0.800 bits per heavy atom. The quantitative estimate of drug-likeness (QED) is 0.0168. The number of aromatic hydroxyl groups is 2. The molecule has 2 aromatic carbocycles. The van der Waals surface area contributed by atoms with E-state index in [0.29, 0.717) is 36.7 Å². The second-order valence-corrected chi connectivity index (χ2v) is 32.1. The van der Waals surface area contributed by atoms with Gasteiger partial charge in [-0.25, -0.2) is 14.6 Å². The minimum atomic E-state index is -6.21. The number of esters is 5. The Bertz CT molecular complexity index is 4280. The Labute approximate surface area is 633 Å². The average Bonchev–Trinajstić information content (AvgIpc) is 1.55. The van der Waals surface area contributed by atoms with E-state index in [1.807, 2.05) is 0 Å². The zero-order valence-corrected chi connectivity index (χ0v) is 65.2. The summed E-state index contributed by atoms with van der Waals surface area (Å²) in [5.74, 6) is -15.9. The summed E-state index contributed by atoms with van der Waals surface area (Å²) < 4.78 is 75.5.